The Hall–Kier alpha value is -1.42. The van der Waals surface area contributed by atoms with Gasteiger partial charge in [-0.15, -0.1) is 12.4 Å². The minimum Gasteiger partial charge on any atom is -0.495 e. The summed E-state index contributed by atoms with van der Waals surface area (Å²) in [4.78, 5) is 9.97. The largest absolute Gasteiger partial charge is 0.495 e. The Morgan fingerprint density at radius 2 is 2.05 bits per heavy atom. The van der Waals surface area contributed by atoms with E-state index in [9.17, 15) is 18.5 Å². The van der Waals surface area contributed by atoms with Crippen molar-refractivity contribution in [2.24, 2.45) is 0 Å². The van der Waals surface area contributed by atoms with Crippen LogP contribution >= 0.6 is 12.4 Å². The molecule has 0 bridgehead atoms. The quantitative estimate of drug-likeness (QED) is 0.624. The molecular formula is C11H16ClN3O5S. The van der Waals surface area contributed by atoms with Gasteiger partial charge in [0.25, 0.3) is 5.69 Å². The molecule has 2 rings (SSSR count). The number of methoxy groups -OCH3 is 1. The molecule has 1 aromatic rings. The third-order valence-electron chi connectivity index (χ3n) is 3.29. The molecule has 1 fully saturated rings. The summed E-state index contributed by atoms with van der Waals surface area (Å²) >= 11 is 0. The molecule has 0 aromatic heterocycles. The number of nitro groups is 1. The molecule has 10 heteroatoms. The summed E-state index contributed by atoms with van der Waals surface area (Å²) in [6.07, 6.45) is 0. The molecule has 1 heterocycles. The number of nitrogens with zero attached hydrogens (tertiary/aromatic N) is 2. The summed E-state index contributed by atoms with van der Waals surface area (Å²) < 4.78 is 31.3. The highest BCUT2D eigenvalue weighted by atomic mass is 35.5. The smallest absolute Gasteiger partial charge is 0.271 e. The van der Waals surface area contributed by atoms with Gasteiger partial charge in [-0.25, -0.2) is 8.42 Å². The van der Waals surface area contributed by atoms with Gasteiger partial charge < -0.3 is 10.1 Å². The van der Waals surface area contributed by atoms with Crippen molar-refractivity contribution < 1.29 is 18.1 Å². The Morgan fingerprint density at radius 3 is 2.48 bits per heavy atom. The minimum atomic E-state index is -3.83. The molecule has 0 spiro atoms. The van der Waals surface area contributed by atoms with Crippen LogP contribution in [0.15, 0.2) is 23.1 Å². The van der Waals surface area contributed by atoms with Crippen molar-refractivity contribution in [3.05, 3.63) is 28.3 Å². The first-order valence-corrected chi connectivity index (χ1v) is 7.33. The number of sulfonamides is 1. The average Bonchev–Trinajstić information content (AvgIpc) is 2.35. The van der Waals surface area contributed by atoms with Crippen LogP contribution in [0.1, 0.15) is 0 Å². The third-order valence-corrected chi connectivity index (χ3v) is 5.22. The number of benzene rings is 1. The van der Waals surface area contributed by atoms with Gasteiger partial charge in [0.15, 0.2) is 0 Å². The fourth-order valence-corrected chi connectivity index (χ4v) is 3.39. The second-order valence-corrected chi connectivity index (χ2v) is 6.39. The molecule has 0 atom stereocenters. The van der Waals surface area contributed by atoms with E-state index in [4.69, 9.17) is 4.74 Å². The molecule has 1 aliphatic rings. The van der Waals surface area contributed by atoms with Crippen molar-refractivity contribution in [1.29, 1.82) is 0 Å². The van der Waals surface area contributed by atoms with Crippen LogP contribution < -0.4 is 10.1 Å². The average molecular weight is 338 g/mol. The molecule has 0 unspecified atom stereocenters. The number of ether oxygens (including phenoxy) is 1. The van der Waals surface area contributed by atoms with Crippen LogP contribution in [0.5, 0.6) is 5.75 Å². The normalized spacial score (nSPS) is 15.2. The zero-order chi connectivity index (χ0) is 14.9. The van der Waals surface area contributed by atoms with E-state index in [2.05, 4.69) is 5.32 Å². The van der Waals surface area contributed by atoms with E-state index in [0.717, 1.165) is 6.07 Å². The van der Waals surface area contributed by atoms with Crippen LogP contribution in [0.25, 0.3) is 0 Å². The summed E-state index contributed by atoms with van der Waals surface area (Å²) in [5.74, 6) is 0.0923. The fourth-order valence-electron chi connectivity index (χ4n) is 1.86. The maximum Gasteiger partial charge on any atom is 0.271 e. The predicted molar refractivity (Wildman–Crippen MR) is 78.5 cm³/mol. The van der Waals surface area contributed by atoms with E-state index in [1.54, 1.807) is 0 Å². The van der Waals surface area contributed by atoms with Gasteiger partial charge in [0.1, 0.15) is 10.6 Å². The van der Waals surface area contributed by atoms with Gasteiger partial charge in [0, 0.05) is 38.3 Å². The number of likely N-dealkylation sites (N-methyl/N-ethyl adjacent to an activating group) is 1. The highest BCUT2D eigenvalue weighted by Crippen LogP contribution is 2.31. The first-order valence-electron chi connectivity index (χ1n) is 5.89. The Labute approximate surface area is 128 Å². The molecule has 0 aliphatic carbocycles. The second-order valence-electron chi connectivity index (χ2n) is 4.43. The summed E-state index contributed by atoms with van der Waals surface area (Å²) in [7, 11) is -1.05. The standard InChI is InChI=1S/C11H15N3O5S.ClH/c1-13(9-6-12-7-9)20(17,18)11-5-8(14(15)16)3-4-10(11)19-2;/h3-5,9,12H,6-7H2,1-2H3;1H. The summed E-state index contributed by atoms with van der Waals surface area (Å²) in [6, 6.07) is 3.38. The number of non-ortho nitro benzene ring substituents is 1. The van der Waals surface area contributed by atoms with Gasteiger partial charge in [-0.1, -0.05) is 0 Å². The molecule has 1 saturated heterocycles. The Kier molecular flexibility index (Phi) is 5.51. The van der Waals surface area contributed by atoms with Gasteiger partial charge >= 0.3 is 0 Å². The van der Waals surface area contributed by atoms with E-state index in [-0.39, 0.29) is 34.8 Å². The lowest BCUT2D eigenvalue weighted by atomic mass is 10.2. The molecule has 21 heavy (non-hydrogen) atoms. The van der Waals surface area contributed by atoms with E-state index in [0.29, 0.717) is 13.1 Å². The lowest BCUT2D eigenvalue weighted by Gasteiger charge is -2.34. The van der Waals surface area contributed by atoms with Gasteiger partial charge in [0.2, 0.25) is 10.0 Å². The Balaban J connectivity index is 0.00000220. The maximum absolute atomic E-state index is 12.5. The first kappa shape index (κ1) is 17.6. The van der Waals surface area contributed by atoms with E-state index in [1.807, 2.05) is 0 Å². The molecular weight excluding hydrogens is 322 g/mol. The van der Waals surface area contributed by atoms with E-state index in [1.165, 1.54) is 30.6 Å². The molecule has 1 aliphatic heterocycles. The van der Waals surface area contributed by atoms with E-state index >= 15 is 0 Å². The van der Waals surface area contributed by atoms with Crippen LogP contribution in [0, 0.1) is 10.1 Å². The highest BCUT2D eigenvalue weighted by molar-refractivity contribution is 7.89. The highest BCUT2D eigenvalue weighted by Gasteiger charge is 2.34. The van der Waals surface area contributed by atoms with Crippen LogP contribution in [0.3, 0.4) is 0 Å². The summed E-state index contributed by atoms with van der Waals surface area (Å²) in [6.45, 7) is 1.12. The number of hydrogen-bond donors (Lipinski definition) is 1. The number of nitro benzene ring substituents is 1. The first-order chi connectivity index (χ1) is 9.37. The lowest BCUT2D eigenvalue weighted by molar-refractivity contribution is -0.385. The van der Waals surface area contributed by atoms with Gasteiger partial charge in [-0.05, 0) is 6.07 Å². The van der Waals surface area contributed by atoms with Crippen LogP contribution in [0.4, 0.5) is 5.69 Å². The zero-order valence-corrected chi connectivity index (χ0v) is 13.1. The minimum absolute atomic E-state index is 0. The molecule has 0 amide bonds. The zero-order valence-electron chi connectivity index (χ0n) is 11.5. The van der Waals surface area contributed by atoms with Crippen molar-refractivity contribution >= 4 is 28.1 Å². The van der Waals surface area contributed by atoms with Crippen molar-refractivity contribution in [3.8, 4) is 5.75 Å². The summed E-state index contributed by atoms with van der Waals surface area (Å²) in [5.41, 5.74) is -0.287. The fraction of sp³-hybridized carbons (Fsp3) is 0.455. The second kappa shape index (κ2) is 6.56. The van der Waals surface area contributed by atoms with Crippen LogP contribution in [0.2, 0.25) is 0 Å². The van der Waals surface area contributed by atoms with Gasteiger partial charge in [0.05, 0.1) is 12.0 Å². The van der Waals surface area contributed by atoms with Crippen molar-refractivity contribution in [1.82, 2.24) is 9.62 Å². The number of rotatable bonds is 5. The predicted octanol–water partition coefficient (Wildman–Crippen LogP) is 0.617. The van der Waals surface area contributed by atoms with Crippen molar-refractivity contribution in [3.63, 3.8) is 0 Å². The van der Waals surface area contributed by atoms with Crippen LogP contribution in [-0.2, 0) is 10.0 Å². The molecule has 1 aromatic carbocycles. The molecule has 0 saturated carbocycles. The summed E-state index contributed by atoms with van der Waals surface area (Å²) in [5, 5.41) is 13.8. The topological polar surface area (TPSA) is 102 Å². The molecule has 118 valence electrons. The van der Waals surface area contributed by atoms with Crippen LogP contribution in [-0.4, -0.2) is 50.9 Å². The van der Waals surface area contributed by atoms with E-state index < -0.39 is 14.9 Å². The lowest BCUT2D eigenvalue weighted by Crippen LogP contribution is -2.57. The maximum atomic E-state index is 12.5. The number of hydrogen-bond acceptors (Lipinski definition) is 6. The molecule has 8 nitrogen and oxygen atoms in total. The molecule has 1 N–H and O–H groups in total. The Morgan fingerprint density at radius 1 is 1.43 bits per heavy atom. The van der Waals surface area contributed by atoms with Crippen molar-refractivity contribution in [2.75, 3.05) is 27.2 Å². The van der Waals surface area contributed by atoms with Gasteiger partial charge in [-0.3, -0.25) is 10.1 Å². The van der Waals surface area contributed by atoms with Gasteiger partial charge in [-0.2, -0.15) is 4.31 Å². The number of halogens is 1. The molecule has 0 radical (unpaired) electrons. The monoisotopic (exact) mass is 337 g/mol. The third kappa shape index (κ3) is 3.26. The number of nitrogens with one attached hydrogen (secondary N) is 1. The SMILES string of the molecule is COc1ccc([N+](=O)[O-])cc1S(=O)(=O)N(C)C1CNC1.Cl. The van der Waals surface area contributed by atoms with Crippen molar-refractivity contribution in [2.45, 2.75) is 10.9 Å². The Bertz CT molecular complexity index is 633.